The van der Waals surface area contributed by atoms with Crippen LogP contribution in [0.5, 0.6) is 0 Å². The fourth-order valence-electron chi connectivity index (χ4n) is 2.32. The molecule has 0 bridgehead atoms. The van der Waals surface area contributed by atoms with Gasteiger partial charge in [0.1, 0.15) is 5.82 Å². The van der Waals surface area contributed by atoms with Crippen LogP contribution in [-0.2, 0) is 16.8 Å². The minimum Gasteiger partial charge on any atom is -0.383 e. The Labute approximate surface area is 136 Å². The van der Waals surface area contributed by atoms with Gasteiger partial charge in [0, 0.05) is 35.3 Å². The lowest BCUT2D eigenvalue weighted by atomic mass is 10.0. The van der Waals surface area contributed by atoms with Crippen molar-refractivity contribution in [1.29, 1.82) is 0 Å². The van der Waals surface area contributed by atoms with Crippen LogP contribution in [0.2, 0.25) is 0 Å². The van der Waals surface area contributed by atoms with Crippen molar-refractivity contribution in [2.75, 3.05) is 5.73 Å². The molecule has 0 fully saturated rings. The third-order valence-corrected chi connectivity index (χ3v) is 4.05. The van der Waals surface area contributed by atoms with Crippen LogP contribution in [0, 0.1) is 0 Å². The maximum Gasteiger partial charge on any atom is 0.157 e. The fraction of sp³-hybridized carbons (Fsp3) is 0.0588. The Balaban J connectivity index is 1.96. The molecular weight excluding hydrogens is 310 g/mol. The lowest BCUT2D eigenvalue weighted by Gasteiger charge is -2.08. The van der Waals surface area contributed by atoms with Crippen LogP contribution in [0.4, 0.5) is 5.82 Å². The zero-order chi connectivity index (χ0) is 16.2. The largest absolute Gasteiger partial charge is 0.383 e. The summed E-state index contributed by atoms with van der Waals surface area (Å²) in [5.41, 5.74) is 10.4. The molecule has 0 aliphatic rings. The van der Waals surface area contributed by atoms with Gasteiger partial charge in [-0.1, -0.05) is 30.3 Å². The van der Waals surface area contributed by atoms with E-state index in [0.717, 1.165) is 27.8 Å². The first kappa shape index (κ1) is 15.3. The Hall–Kier alpha value is -2.57. The highest BCUT2D eigenvalue weighted by molar-refractivity contribution is 7.78. The van der Waals surface area contributed by atoms with E-state index in [-0.39, 0.29) is 5.75 Å². The van der Waals surface area contributed by atoms with E-state index >= 15 is 0 Å². The minimum atomic E-state index is -1.84. The van der Waals surface area contributed by atoms with Crippen molar-refractivity contribution < 1.29 is 8.76 Å². The molecule has 3 N–H and O–H groups in total. The first-order chi connectivity index (χ1) is 11.1. The number of hydrogen-bond donors (Lipinski definition) is 2. The molecule has 0 amide bonds. The zero-order valence-corrected chi connectivity index (χ0v) is 13.0. The van der Waals surface area contributed by atoms with Crippen molar-refractivity contribution in [3.05, 3.63) is 66.6 Å². The van der Waals surface area contributed by atoms with E-state index in [1.165, 1.54) is 0 Å². The van der Waals surface area contributed by atoms with Crippen molar-refractivity contribution in [1.82, 2.24) is 9.97 Å². The smallest absolute Gasteiger partial charge is 0.157 e. The standard InChI is InChI=1S/C17H15N3O2S/c18-17-16(14-2-1-7-19-9-14)8-15(10-20-17)13-5-3-12(4-6-13)11-23(21)22/h1-10H,11H2,(H2,18,20)(H,21,22). The topological polar surface area (TPSA) is 89.1 Å². The van der Waals surface area contributed by atoms with Crippen LogP contribution in [0.25, 0.3) is 22.3 Å². The van der Waals surface area contributed by atoms with Gasteiger partial charge in [-0.15, -0.1) is 0 Å². The number of rotatable bonds is 4. The summed E-state index contributed by atoms with van der Waals surface area (Å²) < 4.78 is 19.8. The molecule has 1 aromatic carbocycles. The molecule has 3 aromatic rings. The average molecular weight is 325 g/mol. The summed E-state index contributed by atoms with van der Waals surface area (Å²) in [6.45, 7) is 0. The van der Waals surface area contributed by atoms with E-state index in [9.17, 15) is 4.21 Å². The monoisotopic (exact) mass is 325 g/mol. The normalized spacial score (nSPS) is 12.0. The van der Waals surface area contributed by atoms with Gasteiger partial charge in [-0.25, -0.2) is 9.19 Å². The second kappa shape index (κ2) is 6.68. The number of aromatic nitrogens is 2. The fourth-order valence-corrected chi connectivity index (χ4v) is 2.80. The summed E-state index contributed by atoms with van der Waals surface area (Å²) in [7, 11) is 0. The third kappa shape index (κ3) is 3.61. The summed E-state index contributed by atoms with van der Waals surface area (Å²) >= 11 is -1.84. The summed E-state index contributed by atoms with van der Waals surface area (Å²) in [5, 5.41) is 0. The van der Waals surface area contributed by atoms with Gasteiger partial charge in [-0.2, -0.15) is 0 Å². The number of anilines is 1. The summed E-state index contributed by atoms with van der Waals surface area (Å²) in [6, 6.07) is 13.2. The lowest BCUT2D eigenvalue weighted by Crippen LogP contribution is -1.96. The van der Waals surface area contributed by atoms with Crippen molar-refractivity contribution in [3.63, 3.8) is 0 Å². The van der Waals surface area contributed by atoms with Crippen molar-refractivity contribution >= 4 is 16.9 Å². The average Bonchev–Trinajstić information content (AvgIpc) is 2.56. The molecule has 0 aliphatic heterocycles. The Morgan fingerprint density at radius 1 is 1.04 bits per heavy atom. The van der Waals surface area contributed by atoms with E-state index in [1.807, 2.05) is 42.5 Å². The van der Waals surface area contributed by atoms with E-state index < -0.39 is 11.1 Å². The molecule has 0 saturated heterocycles. The predicted molar refractivity (Wildman–Crippen MR) is 91.8 cm³/mol. The van der Waals surface area contributed by atoms with Gasteiger partial charge in [0.25, 0.3) is 0 Å². The maximum absolute atomic E-state index is 10.8. The van der Waals surface area contributed by atoms with Crippen LogP contribution < -0.4 is 5.73 Å². The molecule has 2 heterocycles. The second-order valence-electron chi connectivity index (χ2n) is 5.06. The highest BCUT2D eigenvalue weighted by atomic mass is 32.2. The van der Waals surface area contributed by atoms with Gasteiger partial charge in [0.15, 0.2) is 11.1 Å². The van der Waals surface area contributed by atoms with Crippen LogP contribution in [0.15, 0.2) is 61.1 Å². The van der Waals surface area contributed by atoms with Crippen LogP contribution >= 0.6 is 0 Å². The molecule has 0 radical (unpaired) electrons. The molecule has 1 unspecified atom stereocenters. The molecule has 23 heavy (non-hydrogen) atoms. The van der Waals surface area contributed by atoms with Crippen LogP contribution in [0.3, 0.4) is 0 Å². The van der Waals surface area contributed by atoms with Crippen LogP contribution in [0.1, 0.15) is 5.56 Å². The highest BCUT2D eigenvalue weighted by Crippen LogP contribution is 2.29. The van der Waals surface area contributed by atoms with Gasteiger partial charge >= 0.3 is 0 Å². The number of nitrogens with zero attached hydrogens (tertiary/aromatic N) is 2. The van der Waals surface area contributed by atoms with E-state index in [0.29, 0.717) is 5.82 Å². The Kier molecular flexibility index (Phi) is 4.45. The zero-order valence-electron chi connectivity index (χ0n) is 12.2. The third-order valence-electron chi connectivity index (χ3n) is 3.47. The summed E-state index contributed by atoms with van der Waals surface area (Å²) in [5.74, 6) is 0.579. The van der Waals surface area contributed by atoms with Gasteiger partial charge in [-0.05, 0) is 23.3 Å². The maximum atomic E-state index is 10.8. The molecule has 1 atom stereocenters. The molecule has 2 aromatic heterocycles. The highest BCUT2D eigenvalue weighted by Gasteiger charge is 2.07. The Morgan fingerprint density at radius 3 is 2.48 bits per heavy atom. The van der Waals surface area contributed by atoms with Gasteiger partial charge in [0.2, 0.25) is 0 Å². The first-order valence-corrected chi connectivity index (χ1v) is 8.24. The Morgan fingerprint density at radius 2 is 1.83 bits per heavy atom. The molecule has 6 heteroatoms. The van der Waals surface area contributed by atoms with Crippen molar-refractivity contribution in [3.8, 4) is 22.3 Å². The Bertz CT molecular complexity index is 836. The molecule has 0 spiro atoms. The quantitative estimate of drug-likeness (QED) is 0.719. The van der Waals surface area contributed by atoms with Gasteiger partial charge < -0.3 is 10.3 Å². The van der Waals surface area contributed by atoms with Crippen molar-refractivity contribution in [2.24, 2.45) is 0 Å². The van der Waals surface area contributed by atoms with E-state index in [1.54, 1.807) is 18.6 Å². The predicted octanol–water partition coefficient (Wildman–Crippen LogP) is 3.11. The number of pyridine rings is 2. The number of hydrogen-bond acceptors (Lipinski definition) is 4. The lowest BCUT2D eigenvalue weighted by molar-refractivity contribution is 0.563. The minimum absolute atomic E-state index is 0.126. The number of nitrogens with two attached hydrogens (primary N) is 1. The van der Waals surface area contributed by atoms with Gasteiger partial charge in [-0.3, -0.25) is 4.98 Å². The SMILES string of the molecule is Nc1ncc(-c2ccc(CS(=O)O)cc2)cc1-c1cccnc1. The van der Waals surface area contributed by atoms with Crippen LogP contribution in [-0.4, -0.2) is 18.7 Å². The first-order valence-electron chi connectivity index (χ1n) is 6.96. The molecule has 0 aliphatic carbocycles. The van der Waals surface area contributed by atoms with E-state index in [4.69, 9.17) is 10.3 Å². The summed E-state index contributed by atoms with van der Waals surface area (Å²) in [4.78, 5) is 8.37. The number of benzene rings is 1. The molecule has 0 saturated carbocycles. The molecule has 3 rings (SSSR count). The molecule has 5 nitrogen and oxygen atoms in total. The number of nitrogen functional groups attached to an aromatic ring is 1. The summed E-state index contributed by atoms with van der Waals surface area (Å²) in [6.07, 6.45) is 5.17. The van der Waals surface area contributed by atoms with Gasteiger partial charge in [0.05, 0.1) is 5.75 Å². The second-order valence-corrected chi connectivity index (χ2v) is 5.99. The van der Waals surface area contributed by atoms with E-state index in [2.05, 4.69) is 9.97 Å². The van der Waals surface area contributed by atoms with Crippen molar-refractivity contribution in [2.45, 2.75) is 5.75 Å². The molecular formula is C17H15N3O2S. The molecule has 116 valence electrons.